The van der Waals surface area contributed by atoms with Gasteiger partial charge in [0.05, 0.1) is 24.0 Å². The van der Waals surface area contributed by atoms with Gasteiger partial charge in [0.2, 0.25) is 17.7 Å². The molecule has 2 amide bonds. The fraction of sp³-hybridized carbons (Fsp3) is 0.154. The fourth-order valence-corrected chi connectivity index (χ4v) is 2.16. The molecule has 0 bridgehead atoms. The number of para-hydroxylation sites is 1. The molecule has 0 spiro atoms. The Bertz CT molecular complexity index is 680. The van der Waals surface area contributed by atoms with Crippen molar-refractivity contribution in [3.05, 3.63) is 30.5 Å². The summed E-state index contributed by atoms with van der Waals surface area (Å²) < 4.78 is 4.85. The molecule has 0 atom stereocenters. The quantitative estimate of drug-likeness (QED) is 0.823. The molecule has 1 aromatic heterocycles. The minimum atomic E-state index is -0.197. The van der Waals surface area contributed by atoms with Crippen molar-refractivity contribution in [3.8, 4) is 11.1 Å². The Balaban J connectivity index is 2.08. The van der Waals surface area contributed by atoms with E-state index in [0.29, 0.717) is 16.8 Å². The van der Waals surface area contributed by atoms with Gasteiger partial charge in [-0.3, -0.25) is 9.59 Å². The number of hydrogen-bond acceptors (Lipinski definition) is 5. The number of hydrogen-bond donors (Lipinski definition) is 2. The lowest BCUT2D eigenvalue weighted by atomic mass is 10.0. The second kappa shape index (κ2) is 4.69. The van der Waals surface area contributed by atoms with Gasteiger partial charge in [0.1, 0.15) is 6.54 Å². The number of benzene rings is 1. The van der Waals surface area contributed by atoms with E-state index >= 15 is 0 Å². The Kier molecular flexibility index (Phi) is 2.86. The molecule has 0 radical (unpaired) electrons. The van der Waals surface area contributed by atoms with Crippen molar-refractivity contribution >= 4 is 23.4 Å². The molecule has 1 aromatic carbocycles. The summed E-state index contributed by atoms with van der Waals surface area (Å²) in [6.07, 6.45) is 1.49. The highest BCUT2D eigenvalue weighted by Gasteiger charge is 2.27. The third-order valence-electron chi connectivity index (χ3n) is 3.12. The van der Waals surface area contributed by atoms with Gasteiger partial charge in [0.25, 0.3) is 0 Å². The number of piperazine rings is 1. The summed E-state index contributed by atoms with van der Waals surface area (Å²) >= 11 is 0. The maximum absolute atomic E-state index is 12.0. The van der Waals surface area contributed by atoms with E-state index in [-0.39, 0.29) is 30.8 Å². The van der Waals surface area contributed by atoms with Crippen LogP contribution in [0.5, 0.6) is 0 Å². The van der Waals surface area contributed by atoms with E-state index in [4.69, 9.17) is 10.3 Å². The van der Waals surface area contributed by atoms with Gasteiger partial charge in [0, 0.05) is 5.56 Å². The molecule has 0 saturated carbocycles. The highest BCUT2D eigenvalue weighted by Crippen LogP contribution is 2.34. The first-order valence-electron chi connectivity index (χ1n) is 6.03. The fourth-order valence-electron chi connectivity index (χ4n) is 2.16. The van der Waals surface area contributed by atoms with Crippen molar-refractivity contribution < 1.29 is 14.1 Å². The van der Waals surface area contributed by atoms with Crippen molar-refractivity contribution in [2.75, 3.05) is 23.7 Å². The van der Waals surface area contributed by atoms with Crippen LogP contribution < -0.4 is 16.0 Å². The first-order valence-corrected chi connectivity index (χ1v) is 6.03. The van der Waals surface area contributed by atoms with Crippen LogP contribution in [0.25, 0.3) is 11.1 Å². The van der Waals surface area contributed by atoms with Crippen molar-refractivity contribution in [1.82, 2.24) is 10.5 Å². The van der Waals surface area contributed by atoms with Crippen molar-refractivity contribution in [2.24, 2.45) is 0 Å². The Hall–Kier alpha value is -2.83. The monoisotopic (exact) mass is 272 g/mol. The number of nitrogens with zero attached hydrogens (tertiary/aromatic N) is 2. The normalized spacial score (nSPS) is 15.3. The molecule has 2 aromatic rings. The maximum atomic E-state index is 12.0. The number of nitrogens with one attached hydrogen (secondary N) is 1. The summed E-state index contributed by atoms with van der Waals surface area (Å²) in [5.74, 6) is -0.198. The predicted molar refractivity (Wildman–Crippen MR) is 71.7 cm³/mol. The van der Waals surface area contributed by atoms with Gasteiger partial charge >= 0.3 is 0 Å². The summed E-state index contributed by atoms with van der Waals surface area (Å²) in [5, 5.41) is 6.15. The highest BCUT2D eigenvalue weighted by molar-refractivity contribution is 6.07. The molecular formula is C13H12N4O3. The molecule has 7 heteroatoms. The molecule has 1 aliphatic rings. The molecule has 102 valence electrons. The van der Waals surface area contributed by atoms with Crippen LogP contribution in [0.1, 0.15) is 0 Å². The molecule has 3 rings (SSSR count). The van der Waals surface area contributed by atoms with Crippen molar-refractivity contribution in [2.45, 2.75) is 0 Å². The van der Waals surface area contributed by atoms with Crippen LogP contribution in [0.15, 0.2) is 35.0 Å². The molecule has 1 aliphatic heterocycles. The second-order valence-electron chi connectivity index (χ2n) is 4.38. The number of amides is 2. The van der Waals surface area contributed by atoms with Gasteiger partial charge in [-0.2, -0.15) is 0 Å². The molecule has 7 nitrogen and oxygen atoms in total. The van der Waals surface area contributed by atoms with Crippen molar-refractivity contribution in [3.63, 3.8) is 0 Å². The van der Waals surface area contributed by atoms with Crippen LogP contribution in [0.3, 0.4) is 0 Å². The predicted octanol–water partition coefficient (Wildman–Crippen LogP) is 0.387. The zero-order valence-electron chi connectivity index (χ0n) is 10.5. The SMILES string of the molecule is Nc1oncc1-c1ccccc1N1CC(=O)NCC1=O. The van der Waals surface area contributed by atoms with Gasteiger partial charge < -0.3 is 20.5 Å². The number of rotatable bonds is 2. The number of nitrogens with two attached hydrogens (primary N) is 1. The van der Waals surface area contributed by atoms with Crippen LogP contribution in [-0.2, 0) is 9.59 Å². The lowest BCUT2D eigenvalue weighted by Crippen LogP contribution is -2.51. The van der Waals surface area contributed by atoms with Gasteiger partial charge in [-0.1, -0.05) is 23.4 Å². The Morgan fingerprint density at radius 3 is 2.80 bits per heavy atom. The number of carbonyl (C=O) groups excluding carboxylic acids is 2. The average Bonchev–Trinajstić information content (AvgIpc) is 2.88. The van der Waals surface area contributed by atoms with E-state index < -0.39 is 0 Å². The molecule has 1 fully saturated rings. The minimum absolute atomic E-state index is 0.00765. The maximum Gasteiger partial charge on any atom is 0.246 e. The minimum Gasteiger partial charge on any atom is -0.367 e. The molecule has 3 N–H and O–H groups in total. The van der Waals surface area contributed by atoms with E-state index in [1.54, 1.807) is 18.2 Å². The molecule has 1 saturated heterocycles. The largest absolute Gasteiger partial charge is 0.367 e. The Morgan fingerprint density at radius 2 is 2.05 bits per heavy atom. The number of anilines is 2. The molecule has 0 aliphatic carbocycles. The smallest absolute Gasteiger partial charge is 0.246 e. The van der Waals surface area contributed by atoms with E-state index in [1.165, 1.54) is 11.1 Å². The second-order valence-corrected chi connectivity index (χ2v) is 4.38. The number of aromatic nitrogens is 1. The van der Waals surface area contributed by atoms with E-state index in [2.05, 4.69) is 10.5 Å². The first kappa shape index (κ1) is 12.2. The molecular weight excluding hydrogens is 260 g/mol. The topological polar surface area (TPSA) is 101 Å². The molecule has 2 heterocycles. The van der Waals surface area contributed by atoms with E-state index in [9.17, 15) is 9.59 Å². The summed E-state index contributed by atoms with van der Waals surface area (Å²) in [6.45, 7) is -0.0205. The van der Waals surface area contributed by atoms with Gasteiger partial charge in [-0.15, -0.1) is 0 Å². The zero-order chi connectivity index (χ0) is 14.1. The Morgan fingerprint density at radius 1 is 1.25 bits per heavy atom. The van der Waals surface area contributed by atoms with Crippen LogP contribution in [0, 0.1) is 0 Å². The molecule has 0 unspecified atom stereocenters. The van der Waals surface area contributed by atoms with Crippen LogP contribution in [-0.4, -0.2) is 30.1 Å². The lowest BCUT2D eigenvalue weighted by Gasteiger charge is -2.28. The van der Waals surface area contributed by atoms with Crippen molar-refractivity contribution in [1.29, 1.82) is 0 Å². The lowest BCUT2D eigenvalue weighted by molar-refractivity contribution is -0.128. The van der Waals surface area contributed by atoms with Crippen LogP contribution in [0.2, 0.25) is 0 Å². The third kappa shape index (κ3) is 1.99. The number of nitrogen functional groups attached to an aromatic ring is 1. The third-order valence-corrected chi connectivity index (χ3v) is 3.12. The summed E-state index contributed by atoms with van der Waals surface area (Å²) in [5.41, 5.74) is 7.63. The van der Waals surface area contributed by atoms with Gasteiger partial charge in [-0.25, -0.2) is 0 Å². The standard InChI is InChI=1S/C13H12N4O3/c14-13-9(5-16-20-13)8-3-1-2-4-10(8)17-7-11(18)15-6-12(17)19/h1-5H,6-7,14H2,(H,15,18). The highest BCUT2D eigenvalue weighted by atomic mass is 16.5. The summed E-state index contributed by atoms with van der Waals surface area (Å²) in [4.78, 5) is 24.9. The zero-order valence-corrected chi connectivity index (χ0v) is 10.5. The van der Waals surface area contributed by atoms with Gasteiger partial charge in [0.15, 0.2) is 0 Å². The van der Waals surface area contributed by atoms with E-state index in [0.717, 1.165) is 0 Å². The number of carbonyl (C=O) groups is 2. The molecule has 20 heavy (non-hydrogen) atoms. The van der Waals surface area contributed by atoms with Gasteiger partial charge in [-0.05, 0) is 6.07 Å². The van der Waals surface area contributed by atoms with Crippen LogP contribution >= 0.6 is 0 Å². The first-order chi connectivity index (χ1) is 9.66. The summed E-state index contributed by atoms with van der Waals surface area (Å²) in [7, 11) is 0. The average molecular weight is 272 g/mol. The Labute approximate surface area is 114 Å². The van der Waals surface area contributed by atoms with Crippen LogP contribution in [0.4, 0.5) is 11.6 Å². The van der Waals surface area contributed by atoms with E-state index in [1.807, 2.05) is 6.07 Å². The summed E-state index contributed by atoms with van der Waals surface area (Å²) in [6, 6.07) is 7.18.